The van der Waals surface area contributed by atoms with E-state index in [-0.39, 0.29) is 0 Å². The molecular formula is C7H14INO. The van der Waals surface area contributed by atoms with Crippen LogP contribution in [0.5, 0.6) is 0 Å². The predicted molar refractivity (Wildman–Crippen MR) is 51.3 cm³/mol. The Kier molecular flexibility index (Phi) is 7.74. The molecule has 0 rings (SSSR count). The zero-order valence-corrected chi connectivity index (χ0v) is 8.21. The molecule has 10 heavy (non-hydrogen) atoms. The van der Waals surface area contributed by atoms with E-state index >= 15 is 0 Å². The molecule has 0 spiro atoms. The lowest BCUT2D eigenvalue weighted by molar-refractivity contribution is -0.108. The first-order chi connectivity index (χ1) is 4.85. The number of carbonyl (C=O) groups is 1. The van der Waals surface area contributed by atoms with Gasteiger partial charge in [0.15, 0.2) is 0 Å². The fourth-order valence-corrected chi connectivity index (χ4v) is 1.27. The van der Waals surface area contributed by atoms with Crippen molar-refractivity contribution in [3.8, 4) is 0 Å². The van der Waals surface area contributed by atoms with Crippen molar-refractivity contribution < 1.29 is 4.79 Å². The van der Waals surface area contributed by atoms with Crippen molar-refractivity contribution in [2.75, 3.05) is 11.0 Å². The van der Waals surface area contributed by atoms with Crippen LogP contribution in [0.15, 0.2) is 0 Å². The minimum Gasteiger partial charge on any atom is -0.330 e. The zero-order valence-electron chi connectivity index (χ0n) is 6.05. The summed E-state index contributed by atoms with van der Waals surface area (Å²) in [6.45, 7) is 0.648. The molecule has 0 heterocycles. The summed E-state index contributed by atoms with van der Waals surface area (Å²) < 4.78 is 1.16. The SMILES string of the molecule is NCC(CC=O)CCCI. The summed E-state index contributed by atoms with van der Waals surface area (Å²) in [4.78, 5) is 10.1. The van der Waals surface area contributed by atoms with Gasteiger partial charge in [-0.15, -0.1) is 0 Å². The van der Waals surface area contributed by atoms with E-state index in [1.54, 1.807) is 0 Å². The number of aldehydes is 1. The third-order valence-electron chi connectivity index (χ3n) is 1.51. The van der Waals surface area contributed by atoms with Gasteiger partial charge < -0.3 is 10.5 Å². The van der Waals surface area contributed by atoms with Gasteiger partial charge in [0.25, 0.3) is 0 Å². The fourth-order valence-electron chi connectivity index (χ4n) is 0.834. The molecule has 0 fully saturated rings. The summed E-state index contributed by atoms with van der Waals surface area (Å²) in [5.41, 5.74) is 5.44. The molecule has 60 valence electrons. The highest BCUT2D eigenvalue weighted by atomic mass is 127. The topological polar surface area (TPSA) is 43.1 Å². The number of carbonyl (C=O) groups excluding carboxylic acids is 1. The Hall–Kier alpha value is 0.360. The minimum atomic E-state index is 0.423. The maximum atomic E-state index is 10.1. The van der Waals surface area contributed by atoms with Gasteiger partial charge in [-0.1, -0.05) is 22.6 Å². The first kappa shape index (κ1) is 10.4. The fraction of sp³-hybridized carbons (Fsp3) is 0.857. The first-order valence-electron chi connectivity index (χ1n) is 3.54. The summed E-state index contributed by atoms with van der Waals surface area (Å²) in [5.74, 6) is 0.423. The second-order valence-corrected chi connectivity index (χ2v) is 3.41. The molecule has 0 aromatic rings. The van der Waals surface area contributed by atoms with E-state index in [2.05, 4.69) is 22.6 Å². The number of alkyl halides is 1. The van der Waals surface area contributed by atoms with Crippen LogP contribution in [0.4, 0.5) is 0 Å². The van der Waals surface area contributed by atoms with E-state index in [1.807, 2.05) is 0 Å². The van der Waals surface area contributed by atoms with E-state index in [4.69, 9.17) is 5.73 Å². The van der Waals surface area contributed by atoms with Crippen molar-refractivity contribution in [1.29, 1.82) is 0 Å². The Bertz CT molecular complexity index is 87.7. The summed E-state index contributed by atoms with van der Waals surface area (Å²) in [7, 11) is 0. The Morgan fingerprint density at radius 1 is 1.60 bits per heavy atom. The van der Waals surface area contributed by atoms with Gasteiger partial charge in [-0.3, -0.25) is 0 Å². The van der Waals surface area contributed by atoms with Gasteiger partial charge >= 0.3 is 0 Å². The quantitative estimate of drug-likeness (QED) is 0.442. The zero-order chi connectivity index (χ0) is 7.82. The van der Waals surface area contributed by atoms with Crippen molar-refractivity contribution >= 4 is 28.9 Å². The van der Waals surface area contributed by atoms with Gasteiger partial charge in [-0.25, -0.2) is 0 Å². The lowest BCUT2D eigenvalue weighted by atomic mass is 10.0. The van der Waals surface area contributed by atoms with Crippen LogP contribution < -0.4 is 5.73 Å². The molecule has 0 saturated carbocycles. The molecular weight excluding hydrogens is 241 g/mol. The Morgan fingerprint density at radius 2 is 2.30 bits per heavy atom. The van der Waals surface area contributed by atoms with Crippen LogP contribution in [0, 0.1) is 5.92 Å². The number of halogens is 1. The molecule has 0 amide bonds. The van der Waals surface area contributed by atoms with Crippen LogP contribution in [0.3, 0.4) is 0 Å². The molecule has 1 unspecified atom stereocenters. The third kappa shape index (κ3) is 5.17. The largest absolute Gasteiger partial charge is 0.330 e. The third-order valence-corrected chi connectivity index (χ3v) is 2.27. The second-order valence-electron chi connectivity index (χ2n) is 2.34. The van der Waals surface area contributed by atoms with Crippen LogP contribution in [-0.4, -0.2) is 17.3 Å². The Balaban J connectivity index is 3.29. The van der Waals surface area contributed by atoms with Gasteiger partial charge in [-0.2, -0.15) is 0 Å². The van der Waals surface area contributed by atoms with E-state index in [0.29, 0.717) is 18.9 Å². The molecule has 0 aliphatic rings. The van der Waals surface area contributed by atoms with Crippen LogP contribution in [0.2, 0.25) is 0 Å². The minimum absolute atomic E-state index is 0.423. The molecule has 2 nitrogen and oxygen atoms in total. The average molecular weight is 255 g/mol. The van der Waals surface area contributed by atoms with Crippen LogP contribution in [-0.2, 0) is 4.79 Å². The van der Waals surface area contributed by atoms with Gasteiger partial charge in [0, 0.05) is 6.42 Å². The highest BCUT2D eigenvalue weighted by molar-refractivity contribution is 14.1. The summed E-state index contributed by atoms with van der Waals surface area (Å²) in [6, 6.07) is 0. The van der Waals surface area contributed by atoms with Gasteiger partial charge in [-0.05, 0) is 29.7 Å². The maximum absolute atomic E-state index is 10.1. The standard InChI is InChI=1S/C7H14INO/c8-4-1-2-7(6-9)3-5-10/h5,7H,1-4,6,9H2. The van der Waals surface area contributed by atoms with Crippen LogP contribution in [0.25, 0.3) is 0 Å². The molecule has 0 saturated heterocycles. The van der Waals surface area contributed by atoms with Crippen molar-refractivity contribution in [3.63, 3.8) is 0 Å². The van der Waals surface area contributed by atoms with Crippen LogP contribution >= 0.6 is 22.6 Å². The van der Waals surface area contributed by atoms with Crippen LogP contribution in [0.1, 0.15) is 19.3 Å². The highest BCUT2D eigenvalue weighted by Gasteiger charge is 2.03. The summed E-state index contributed by atoms with van der Waals surface area (Å²) in [6.07, 6.45) is 3.87. The molecule has 3 heteroatoms. The lowest BCUT2D eigenvalue weighted by Crippen LogP contribution is -2.14. The van der Waals surface area contributed by atoms with E-state index in [1.165, 1.54) is 6.42 Å². The summed E-state index contributed by atoms with van der Waals surface area (Å²) >= 11 is 2.34. The van der Waals surface area contributed by atoms with E-state index < -0.39 is 0 Å². The van der Waals surface area contributed by atoms with E-state index in [0.717, 1.165) is 17.1 Å². The highest BCUT2D eigenvalue weighted by Crippen LogP contribution is 2.08. The molecule has 2 N–H and O–H groups in total. The first-order valence-corrected chi connectivity index (χ1v) is 5.07. The van der Waals surface area contributed by atoms with Crippen molar-refractivity contribution in [3.05, 3.63) is 0 Å². The molecule has 0 aromatic heterocycles. The maximum Gasteiger partial charge on any atom is 0.120 e. The number of hydrogen-bond acceptors (Lipinski definition) is 2. The Labute approximate surface area is 75.7 Å². The average Bonchev–Trinajstić information content (AvgIpc) is 1.98. The smallest absolute Gasteiger partial charge is 0.120 e. The van der Waals surface area contributed by atoms with Gasteiger partial charge in [0.2, 0.25) is 0 Å². The number of nitrogens with two attached hydrogens (primary N) is 1. The van der Waals surface area contributed by atoms with Crippen molar-refractivity contribution in [2.24, 2.45) is 11.7 Å². The molecule has 0 radical (unpaired) electrons. The normalized spacial score (nSPS) is 13.0. The van der Waals surface area contributed by atoms with E-state index in [9.17, 15) is 4.79 Å². The predicted octanol–water partition coefficient (Wildman–Crippen LogP) is 1.37. The Morgan fingerprint density at radius 3 is 2.70 bits per heavy atom. The molecule has 0 bridgehead atoms. The van der Waals surface area contributed by atoms with Gasteiger partial charge in [0.1, 0.15) is 6.29 Å². The lowest BCUT2D eigenvalue weighted by Gasteiger charge is -2.08. The second kappa shape index (κ2) is 7.47. The van der Waals surface area contributed by atoms with Crippen molar-refractivity contribution in [1.82, 2.24) is 0 Å². The number of hydrogen-bond donors (Lipinski definition) is 1. The molecule has 0 aliphatic heterocycles. The monoisotopic (exact) mass is 255 g/mol. The van der Waals surface area contributed by atoms with Gasteiger partial charge in [0.05, 0.1) is 0 Å². The molecule has 0 aromatic carbocycles. The molecule has 0 aliphatic carbocycles. The number of rotatable bonds is 6. The molecule has 1 atom stereocenters. The van der Waals surface area contributed by atoms with Crippen molar-refractivity contribution in [2.45, 2.75) is 19.3 Å². The summed E-state index contributed by atoms with van der Waals surface area (Å²) in [5, 5.41) is 0.